The van der Waals surface area contributed by atoms with Crippen molar-refractivity contribution in [3.63, 3.8) is 0 Å². The van der Waals surface area contributed by atoms with E-state index >= 15 is 0 Å². The molecule has 0 aliphatic carbocycles. The second-order valence-corrected chi connectivity index (χ2v) is 5.67. The molecule has 1 fully saturated rings. The SMILES string of the molecule is Cc1ccccc1N1CC(C)NCC1c1ccccc1. The number of para-hydroxylation sites is 1. The summed E-state index contributed by atoms with van der Waals surface area (Å²) in [6.07, 6.45) is 0. The molecular weight excluding hydrogens is 244 g/mol. The summed E-state index contributed by atoms with van der Waals surface area (Å²) in [5.41, 5.74) is 4.09. The summed E-state index contributed by atoms with van der Waals surface area (Å²) in [5, 5.41) is 3.61. The lowest BCUT2D eigenvalue weighted by molar-refractivity contribution is 0.416. The van der Waals surface area contributed by atoms with Crippen LogP contribution in [-0.4, -0.2) is 19.1 Å². The summed E-state index contributed by atoms with van der Waals surface area (Å²) in [5.74, 6) is 0. The average Bonchev–Trinajstić information content (AvgIpc) is 2.48. The van der Waals surface area contributed by atoms with Crippen molar-refractivity contribution >= 4 is 5.69 Å². The molecule has 1 aliphatic heterocycles. The molecule has 2 nitrogen and oxygen atoms in total. The van der Waals surface area contributed by atoms with Crippen molar-refractivity contribution in [3.05, 3.63) is 65.7 Å². The van der Waals surface area contributed by atoms with Crippen LogP contribution >= 0.6 is 0 Å². The molecule has 2 heteroatoms. The van der Waals surface area contributed by atoms with Gasteiger partial charge in [-0.05, 0) is 31.0 Å². The lowest BCUT2D eigenvalue weighted by Crippen LogP contribution is -2.51. The highest BCUT2D eigenvalue weighted by atomic mass is 15.2. The number of nitrogens with one attached hydrogen (secondary N) is 1. The maximum absolute atomic E-state index is 3.61. The highest BCUT2D eigenvalue weighted by molar-refractivity contribution is 5.55. The Morgan fingerprint density at radius 3 is 2.45 bits per heavy atom. The molecule has 2 aromatic carbocycles. The lowest BCUT2D eigenvalue weighted by Gasteiger charge is -2.42. The molecular formula is C18H22N2. The van der Waals surface area contributed by atoms with Gasteiger partial charge in [-0.1, -0.05) is 48.5 Å². The van der Waals surface area contributed by atoms with E-state index in [0.717, 1.165) is 13.1 Å². The monoisotopic (exact) mass is 266 g/mol. The van der Waals surface area contributed by atoms with Crippen molar-refractivity contribution in [2.75, 3.05) is 18.0 Å². The first-order valence-corrected chi connectivity index (χ1v) is 7.36. The molecule has 0 amide bonds. The number of rotatable bonds is 2. The third-order valence-corrected chi connectivity index (χ3v) is 4.12. The fourth-order valence-electron chi connectivity index (χ4n) is 3.03. The fourth-order valence-corrected chi connectivity index (χ4v) is 3.03. The molecule has 2 aromatic rings. The summed E-state index contributed by atoms with van der Waals surface area (Å²) in [6.45, 7) is 6.50. The van der Waals surface area contributed by atoms with Crippen LogP contribution < -0.4 is 10.2 Å². The zero-order valence-corrected chi connectivity index (χ0v) is 12.2. The van der Waals surface area contributed by atoms with E-state index in [1.807, 2.05) is 0 Å². The van der Waals surface area contributed by atoms with E-state index in [9.17, 15) is 0 Å². The van der Waals surface area contributed by atoms with E-state index in [1.54, 1.807) is 0 Å². The van der Waals surface area contributed by atoms with E-state index in [2.05, 4.69) is 78.7 Å². The van der Waals surface area contributed by atoms with Gasteiger partial charge < -0.3 is 10.2 Å². The lowest BCUT2D eigenvalue weighted by atomic mass is 9.99. The van der Waals surface area contributed by atoms with Gasteiger partial charge in [-0.25, -0.2) is 0 Å². The molecule has 0 bridgehead atoms. The average molecular weight is 266 g/mol. The molecule has 1 N–H and O–H groups in total. The molecule has 2 atom stereocenters. The van der Waals surface area contributed by atoms with Gasteiger partial charge in [0.25, 0.3) is 0 Å². The van der Waals surface area contributed by atoms with Crippen LogP contribution in [0.2, 0.25) is 0 Å². The number of benzene rings is 2. The van der Waals surface area contributed by atoms with Crippen LogP contribution in [0.3, 0.4) is 0 Å². The summed E-state index contributed by atoms with van der Waals surface area (Å²) >= 11 is 0. The van der Waals surface area contributed by atoms with Crippen LogP contribution in [0, 0.1) is 6.92 Å². The van der Waals surface area contributed by atoms with Gasteiger partial charge in [0.2, 0.25) is 0 Å². The van der Waals surface area contributed by atoms with Gasteiger partial charge in [-0.3, -0.25) is 0 Å². The molecule has 2 unspecified atom stereocenters. The topological polar surface area (TPSA) is 15.3 Å². The maximum atomic E-state index is 3.61. The molecule has 1 saturated heterocycles. The van der Waals surface area contributed by atoms with Crippen LogP contribution in [0.1, 0.15) is 24.1 Å². The van der Waals surface area contributed by atoms with Crippen LogP contribution in [0.4, 0.5) is 5.69 Å². The standard InChI is InChI=1S/C18H22N2/c1-14-8-6-7-11-17(14)20-13-15(2)19-12-18(20)16-9-4-3-5-10-16/h3-11,15,18-19H,12-13H2,1-2H3. The molecule has 20 heavy (non-hydrogen) atoms. The summed E-state index contributed by atoms with van der Waals surface area (Å²) in [4.78, 5) is 2.55. The molecule has 0 saturated carbocycles. The van der Waals surface area contributed by atoms with Crippen LogP contribution in [-0.2, 0) is 0 Å². The molecule has 1 heterocycles. The highest BCUT2D eigenvalue weighted by Gasteiger charge is 2.27. The van der Waals surface area contributed by atoms with Crippen LogP contribution in [0.5, 0.6) is 0 Å². The van der Waals surface area contributed by atoms with E-state index < -0.39 is 0 Å². The normalized spacial score (nSPS) is 22.8. The largest absolute Gasteiger partial charge is 0.361 e. The van der Waals surface area contributed by atoms with Crippen molar-refractivity contribution in [1.29, 1.82) is 0 Å². The van der Waals surface area contributed by atoms with Gasteiger partial charge >= 0.3 is 0 Å². The summed E-state index contributed by atoms with van der Waals surface area (Å²) in [6, 6.07) is 20.4. The van der Waals surface area contributed by atoms with Crippen molar-refractivity contribution in [1.82, 2.24) is 5.32 Å². The number of anilines is 1. The molecule has 0 spiro atoms. The third-order valence-electron chi connectivity index (χ3n) is 4.12. The third kappa shape index (κ3) is 2.56. The van der Waals surface area contributed by atoms with E-state index in [-0.39, 0.29) is 0 Å². The van der Waals surface area contributed by atoms with E-state index in [1.165, 1.54) is 16.8 Å². The fraction of sp³-hybridized carbons (Fsp3) is 0.333. The minimum absolute atomic E-state index is 0.411. The predicted octanol–water partition coefficient (Wildman–Crippen LogP) is 3.53. The Labute approximate surface area is 121 Å². The number of hydrogen-bond acceptors (Lipinski definition) is 2. The second-order valence-electron chi connectivity index (χ2n) is 5.67. The van der Waals surface area contributed by atoms with Gasteiger partial charge in [0.15, 0.2) is 0 Å². The Kier molecular flexibility index (Phi) is 3.75. The molecule has 3 rings (SSSR count). The van der Waals surface area contributed by atoms with Crippen LogP contribution in [0.25, 0.3) is 0 Å². The highest BCUT2D eigenvalue weighted by Crippen LogP contribution is 2.31. The first-order chi connectivity index (χ1) is 9.75. The Balaban J connectivity index is 1.98. The van der Waals surface area contributed by atoms with Gasteiger partial charge in [0, 0.05) is 24.8 Å². The first kappa shape index (κ1) is 13.2. The second kappa shape index (κ2) is 5.68. The Bertz CT molecular complexity index is 565. The number of nitrogens with zero attached hydrogens (tertiary/aromatic N) is 1. The van der Waals surface area contributed by atoms with E-state index in [4.69, 9.17) is 0 Å². The minimum atomic E-state index is 0.411. The molecule has 104 valence electrons. The predicted molar refractivity (Wildman–Crippen MR) is 85.2 cm³/mol. The van der Waals surface area contributed by atoms with Gasteiger partial charge in [-0.2, -0.15) is 0 Å². The summed E-state index contributed by atoms with van der Waals surface area (Å²) in [7, 11) is 0. The van der Waals surface area contributed by atoms with Crippen LogP contribution in [0.15, 0.2) is 54.6 Å². The Morgan fingerprint density at radius 1 is 1.00 bits per heavy atom. The number of aryl methyl sites for hydroxylation is 1. The number of hydrogen-bond donors (Lipinski definition) is 1. The molecule has 0 aromatic heterocycles. The van der Waals surface area contributed by atoms with Crippen molar-refractivity contribution in [2.24, 2.45) is 0 Å². The minimum Gasteiger partial charge on any atom is -0.361 e. The van der Waals surface area contributed by atoms with E-state index in [0.29, 0.717) is 12.1 Å². The summed E-state index contributed by atoms with van der Waals surface area (Å²) < 4.78 is 0. The Morgan fingerprint density at radius 2 is 1.70 bits per heavy atom. The van der Waals surface area contributed by atoms with Gasteiger partial charge in [0.1, 0.15) is 0 Å². The van der Waals surface area contributed by atoms with Gasteiger partial charge in [-0.15, -0.1) is 0 Å². The number of piperazine rings is 1. The molecule has 0 radical (unpaired) electrons. The maximum Gasteiger partial charge on any atom is 0.0667 e. The van der Waals surface area contributed by atoms with Crippen molar-refractivity contribution in [2.45, 2.75) is 25.9 Å². The zero-order valence-electron chi connectivity index (χ0n) is 12.2. The van der Waals surface area contributed by atoms with Crippen molar-refractivity contribution in [3.8, 4) is 0 Å². The smallest absolute Gasteiger partial charge is 0.0667 e. The zero-order chi connectivity index (χ0) is 13.9. The van der Waals surface area contributed by atoms with Crippen molar-refractivity contribution < 1.29 is 0 Å². The quantitative estimate of drug-likeness (QED) is 0.894. The molecule has 1 aliphatic rings. The Hall–Kier alpha value is -1.80. The first-order valence-electron chi connectivity index (χ1n) is 7.36. The van der Waals surface area contributed by atoms with Gasteiger partial charge in [0.05, 0.1) is 6.04 Å².